The highest BCUT2D eigenvalue weighted by atomic mass is 32.2. The molecule has 1 N–H and O–H groups in total. The molecular weight excluding hydrogens is 567 g/mol. The van der Waals surface area contributed by atoms with E-state index in [2.05, 4.69) is 93.3 Å². The molecule has 1 heterocycles. The molecule has 3 heteroatoms. The van der Waals surface area contributed by atoms with Crippen LogP contribution in [0.5, 0.6) is 0 Å². The minimum atomic E-state index is 0.443. The maximum Gasteiger partial charge on any atom is 0.125 e. The van der Waals surface area contributed by atoms with Crippen LogP contribution in [0, 0.1) is 11.8 Å². The summed E-state index contributed by atoms with van der Waals surface area (Å²) in [5, 5.41) is 3.74. The van der Waals surface area contributed by atoms with E-state index in [0.29, 0.717) is 5.92 Å². The van der Waals surface area contributed by atoms with Gasteiger partial charge in [0.05, 0.1) is 12.3 Å². The van der Waals surface area contributed by atoms with E-state index in [0.717, 1.165) is 69.1 Å². The Balaban J connectivity index is 2.69. The molecule has 1 aliphatic heterocycles. The van der Waals surface area contributed by atoms with Crippen molar-refractivity contribution in [3.05, 3.63) is 79.7 Å². The van der Waals surface area contributed by atoms with Gasteiger partial charge in [0.25, 0.3) is 0 Å². The molecule has 0 bridgehead atoms. The van der Waals surface area contributed by atoms with Crippen molar-refractivity contribution in [2.75, 3.05) is 18.9 Å². The van der Waals surface area contributed by atoms with Crippen LogP contribution in [0.3, 0.4) is 0 Å². The largest absolute Gasteiger partial charge is 0.493 e. The van der Waals surface area contributed by atoms with Crippen LogP contribution in [0.25, 0.3) is 0 Å². The third-order valence-corrected chi connectivity index (χ3v) is 11.0. The number of rotatable bonds is 20. The lowest BCUT2D eigenvalue weighted by molar-refractivity contribution is 0.201. The molecule has 0 aromatic rings. The Kier molecular flexibility index (Phi) is 18.4. The molecule has 1 saturated carbocycles. The normalized spacial score (nSPS) is 19.8. The summed E-state index contributed by atoms with van der Waals surface area (Å²) in [5.74, 6) is 3.33. The van der Waals surface area contributed by atoms with Crippen molar-refractivity contribution in [3.63, 3.8) is 0 Å². The van der Waals surface area contributed by atoms with Crippen molar-refractivity contribution in [2.45, 2.75) is 153 Å². The lowest BCUT2D eigenvalue weighted by Crippen LogP contribution is -2.23. The quantitative estimate of drug-likeness (QED) is 0.0817. The monoisotopic (exact) mass is 636 g/mol. The second-order valence-electron chi connectivity index (χ2n) is 13.7. The van der Waals surface area contributed by atoms with Crippen molar-refractivity contribution >= 4 is 11.8 Å². The predicted molar refractivity (Wildman–Crippen MR) is 204 cm³/mol. The van der Waals surface area contributed by atoms with Crippen molar-refractivity contribution in [3.8, 4) is 0 Å². The lowest BCUT2D eigenvalue weighted by atomic mass is 9.82. The second-order valence-corrected chi connectivity index (χ2v) is 14.6. The molecule has 45 heavy (non-hydrogen) atoms. The first kappa shape index (κ1) is 39.3. The number of thioether (sulfide) groups is 1. The molecule has 1 aliphatic carbocycles. The fourth-order valence-electron chi connectivity index (χ4n) is 6.21. The average molecular weight is 636 g/mol. The van der Waals surface area contributed by atoms with Crippen LogP contribution in [-0.4, -0.2) is 18.9 Å². The zero-order valence-electron chi connectivity index (χ0n) is 31.1. The zero-order valence-corrected chi connectivity index (χ0v) is 32.0. The Morgan fingerprint density at radius 2 is 1.69 bits per heavy atom. The number of allylic oxidation sites excluding steroid dienone is 9. The summed E-state index contributed by atoms with van der Waals surface area (Å²) < 4.78 is 6.73. The van der Waals surface area contributed by atoms with Crippen molar-refractivity contribution in [1.29, 1.82) is 0 Å². The van der Waals surface area contributed by atoms with Crippen molar-refractivity contribution in [2.24, 2.45) is 11.8 Å². The van der Waals surface area contributed by atoms with Gasteiger partial charge in [-0.2, -0.15) is 0 Å². The third-order valence-electron chi connectivity index (χ3n) is 9.65. The number of nitrogens with one attached hydrogen (secondary N) is 1. The van der Waals surface area contributed by atoms with Gasteiger partial charge in [0.15, 0.2) is 0 Å². The van der Waals surface area contributed by atoms with Crippen LogP contribution in [0.2, 0.25) is 0 Å². The molecular formula is C42H69NOS. The fourth-order valence-corrected chi connectivity index (χ4v) is 7.42. The van der Waals surface area contributed by atoms with Crippen LogP contribution in [0.1, 0.15) is 153 Å². The minimum Gasteiger partial charge on any atom is -0.493 e. The Labute approximate surface area is 284 Å². The number of hydrogen-bond acceptors (Lipinski definition) is 3. The first-order valence-corrected chi connectivity index (χ1v) is 19.5. The number of ether oxygens (including phenoxy) is 1. The number of unbranched alkanes of at least 4 members (excludes halogenated alkanes) is 3. The van der Waals surface area contributed by atoms with Gasteiger partial charge in [-0.05, 0) is 138 Å². The summed E-state index contributed by atoms with van der Waals surface area (Å²) in [4.78, 5) is 1.40. The molecule has 0 radical (unpaired) electrons. The zero-order chi connectivity index (χ0) is 33.4. The number of hydrogen-bond donors (Lipinski definition) is 1. The van der Waals surface area contributed by atoms with Gasteiger partial charge in [0, 0.05) is 22.8 Å². The number of piperidine rings is 1. The summed E-state index contributed by atoms with van der Waals surface area (Å²) in [5.41, 5.74) is 12.8. The van der Waals surface area contributed by atoms with E-state index in [4.69, 9.17) is 4.74 Å². The van der Waals surface area contributed by atoms with Gasteiger partial charge in [-0.15, -0.1) is 11.8 Å². The fraction of sp³-hybridized carbons (Fsp3) is 0.667. The van der Waals surface area contributed by atoms with Gasteiger partial charge in [-0.25, -0.2) is 0 Å². The Morgan fingerprint density at radius 3 is 2.27 bits per heavy atom. The maximum atomic E-state index is 6.73. The molecule has 1 unspecified atom stereocenters. The molecule has 2 rings (SSSR count). The molecule has 0 amide bonds. The van der Waals surface area contributed by atoms with Crippen molar-refractivity contribution < 1.29 is 4.74 Å². The molecule has 2 aliphatic rings. The van der Waals surface area contributed by atoms with E-state index in [9.17, 15) is 0 Å². The summed E-state index contributed by atoms with van der Waals surface area (Å²) in [6.45, 7) is 29.6. The van der Waals surface area contributed by atoms with Gasteiger partial charge in [-0.3, -0.25) is 0 Å². The van der Waals surface area contributed by atoms with Gasteiger partial charge >= 0.3 is 0 Å². The topological polar surface area (TPSA) is 21.3 Å². The SMILES string of the molecule is C=C1CCCN/C1=C(SC/C(C)=C(CCC)/C(CCCC)=C(C)/C(=C(OCC1CC1)/C(C)=C\C)C(C)CC)\C(C)=C/CCCC. The molecule has 1 atom stereocenters. The summed E-state index contributed by atoms with van der Waals surface area (Å²) >= 11 is 2.03. The van der Waals surface area contributed by atoms with E-state index in [1.807, 2.05) is 11.8 Å². The predicted octanol–water partition coefficient (Wildman–Crippen LogP) is 13.3. The first-order chi connectivity index (χ1) is 21.6. The van der Waals surface area contributed by atoms with E-state index in [1.165, 1.54) is 89.0 Å². The molecule has 0 spiro atoms. The Bertz CT molecular complexity index is 1150. The van der Waals surface area contributed by atoms with Crippen LogP contribution >= 0.6 is 11.8 Å². The van der Waals surface area contributed by atoms with Crippen molar-refractivity contribution in [1.82, 2.24) is 5.32 Å². The third kappa shape index (κ3) is 12.3. The molecule has 1 saturated heterocycles. The van der Waals surface area contributed by atoms with Crippen LogP contribution < -0.4 is 5.32 Å². The molecule has 254 valence electrons. The van der Waals surface area contributed by atoms with E-state index in [-0.39, 0.29) is 0 Å². The summed E-state index contributed by atoms with van der Waals surface area (Å²) in [6, 6.07) is 0. The van der Waals surface area contributed by atoms with Crippen LogP contribution in [0.4, 0.5) is 0 Å². The maximum absolute atomic E-state index is 6.73. The van der Waals surface area contributed by atoms with Gasteiger partial charge in [0.2, 0.25) is 0 Å². The van der Waals surface area contributed by atoms with E-state index < -0.39 is 0 Å². The molecule has 0 aromatic heterocycles. The van der Waals surface area contributed by atoms with Gasteiger partial charge in [-0.1, -0.05) is 84.6 Å². The highest BCUT2D eigenvalue weighted by molar-refractivity contribution is 8.03. The van der Waals surface area contributed by atoms with Crippen LogP contribution in [-0.2, 0) is 4.74 Å². The first-order valence-electron chi connectivity index (χ1n) is 18.5. The average Bonchev–Trinajstić information content (AvgIpc) is 3.87. The standard InChI is InChI=1S/C42H69NOS/c1-12-17-19-22-33(9)42(40-32(8)23-20-27-43-40)45-29-34(10)37(21-14-3)38(24-18-13-2)35(11)39(30(6)15-4)41(31(7)16-5)44-28-36-25-26-36/h16,22,30,36,43H,8,12-15,17-21,23-29H2,1-7,9-11H3/b31-16-,33-22-,37-34+,38-35+,41-39-,42-40+. The smallest absolute Gasteiger partial charge is 0.125 e. The summed E-state index contributed by atoms with van der Waals surface area (Å²) in [6.07, 6.45) is 20.2. The Morgan fingerprint density at radius 1 is 0.978 bits per heavy atom. The molecule has 0 aromatic carbocycles. The molecule has 2 fully saturated rings. The highest BCUT2D eigenvalue weighted by Crippen LogP contribution is 2.40. The lowest BCUT2D eigenvalue weighted by Gasteiger charge is -2.27. The Hall–Kier alpha value is -1.87. The van der Waals surface area contributed by atoms with Gasteiger partial charge in [0.1, 0.15) is 5.76 Å². The van der Waals surface area contributed by atoms with E-state index in [1.54, 1.807) is 11.1 Å². The summed E-state index contributed by atoms with van der Waals surface area (Å²) in [7, 11) is 0. The van der Waals surface area contributed by atoms with Gasteiger partial charge < -0.3 is 10.1 Å². The molecule has 2 nitrogen and oxygen atoms in total. The van der Waals surface area contributed by atoms with E-state index >= 15 is 0 Å². The highest BCUT2D eigenvalue weighted by Gasteiger charge is 2.26. The minimum absolute atomic E-state index is 0.443. The van der Waals surface area contributed by atoms with Crippen LogP contribution in [0.15, 0.2) is 79.7 Å². The second kappa shape index (κ2) is 21.1.